The molecule has 2 N–H and O–H groups in total. The molecular weight excluding hydrogens is 208 g/mol. The topological polar surface area (TPSA) is 98.8 Å². The Kier molecular flexibility index (Phi) is 2.61. The molecule has 0 spiro atoms. The lowest BCUT2D eigenvalue weighted by Crippen LogP contribution is -2.18. The molecule has 0 aromatic rings. The highest BCUT2D eigenvalue weighted by molar-refractivity contribution is 7.94. The molecule has 1 aliphatic rings. The van der Waals surface area contributed by atoms with E-state index in [0.29, 0.717) is 0 Å². The Morgan fingerprint density at radius 2 is 2.14 bits per heavy atom. The SMILES string of the molecule is CC(C)OC(=O)C1=NS(=O)(=O)C(N)=C1. The Labute approximate surface area is 81.5 Å². The summed E-state index contributed by atoms with van der Waals surface area (Å²) in [4.78, 5) is 11.2. The van der Waals surface area contributed by atoms with E-state index >= 15 is 0 Å². The van der Waals surface area contributed by atoms with Gasteiger partial charge in [-0.1, -0.05) is 0 Å². The van der Waals surface area contributed by atoms with Crippen LogP contribution in [-0.2, 0) is 19.6 Å². The first-order chi connectivity index (χ1) is 6.33. The lowest BCUT2D eigenvalue weighted by molar-refractivity contribution is -0.138. The van der Waals surface area contributed by atoms with E-state index in [2.05, 4.69) is 4.40 Å². The molecule has 1 rings (SSSR count). The second kappa shape index (κ2) is 3.41. The molecule has 0 bridgehead atoms. The first-order valence-electron chi connectivity index (χ1n) is 3.86. The third-order valence-corrected chi connectivity index (χ3v) is 2.50. The number of carbonyl (C=O) groups excluding carboxylic acids is 1. The number of nitrogens with zero attached hydrogens (tertiary/aromatic N) is 1. The van der Waals surface area contributed by atoms with Gasteiger partial charge in [-0.15, -0.1) is 0 Å². The van der Waals surface area contributed by atoms with Crippen molar-refractivity contribution in [3.05, 3.63) is 11.1 Å². The van der Waals surface area contributed by atoms with Gasteiger partial charge in [0.15, 0.2) is 10.7 Å². The van der Waals surface area contributed by atoms with Crippen molar-refractivity contribution in [3.63, 3.8) is 0 Å². The zero-order valence-corrected chi connectivity index (χ0v) is 8.54. The van der Waals surface area contributed by atoms with Crippen LogP contribution < -0.4 is 5.73 Å². The summed E-state index contributed by atoms with van der Waals surface area (Å²) in [6.45, 7) is 3.30. The van der Waals surface area contributed by atoms with Crippen LogP contribution in [0.4, 0.5) is 0 Å². The molecule has 1 heterocycles. The maximum Gasteiger partial charge on any atom is 0.358 e. The van der Waals surface area contributed by atoms with Crippen molar-refractivity contribution < 1.29 is 17.9 Å². The van der Waals surface area contributed by atoms with E-state index in [1.807, 2.05) is 0 Å². The first kappa shape index (κ1) is 10.7. The summed E-state index contributed by atoms with van der Waals surface area (Å²) in [6, 6.07) is 0. The van der Waals surface area contributed by atoms with Crippen molar-refractivity contribution in [2.24, 2.45) is 10.1 Å². The molecule has 7 heteroatoms. The fourth-order valence-corrected chi connectivity index (χ4v) is 1.54. The predicted molar refractivity (Wildman–Crippen MR) is 49.9 cm³/mol. The lowest BCUT2D eigenvalue weighted by atomic mass is 10.3. The van der Waals surface area contributed by atoms with E-state index in [1.54, 1.807) is 13.8 Å². The Hall–Kier alpha value is -1.37. The number of sulfonamides is 1. The fraction of sp³-hybridized carbons (Fsp3) is 0.429. The smallest absolute Gasteiger partial charge is 0.358 e. The minimum absolute atomic E-state index is 0.281. The second-order valence-electron chi connectivity index (χ2n) is 2.95. The molecule has 0 aliphatic carbocycles. The third-order valence-electron chi connectivity index (χ3n) is 1.35. The number of carbonyl (C=O) groups is 1. The molecule has 0 aromatic carbocycles. The molecule has 78 valence electrons. The summed E-state index contributed by atoms with van der Waals surface area (Å²) in [5.74, 6) is -0.788. The minimum Gasteiger partial charge on any atom is -0.458 e. The summed E-state index contributed by atoms with van der Waals surface area (Å²) in [6.07, 6.45) is 0.656. The zero-order valence-electron chi connectivity index (χ0n) is 7.72. The Morgan fingerprint density at radius 1 is 1.57 bits per heavy atom. The van der Waals surface area contributed by atoms with E-state index < -0.39 is 21.0 Å². The van der Waals surface area contributed by atoms with Gasteiger partial charge < -0.3 is 10.5 Å². The van der Waals surface area contributed by atoms with Gasteiger partial charge in [0.1, 0.15) is 0 Å². The first-order valence-corrected chi connectivity index (χ1v) is 5.30. The van der Waals surface area contributed by atoms with Crippen molar-refractivity contribution in [1.29, 1.82) is 0 Å². The van der Waals surface area contributed by atoms with Crippen LogP contribution >= 0.6 is 0 Å². The monoisotopic (exact) mass is 218 g/mol. The highest BCUT2D eigenvalue weighted by atomic mass is 32.2. The molecule has 0 radical (unpaired) electrons. The van der Waals surface area contributed by atoms with Gasteiger partial charge in [-0.05, 0) is 13.8 Å². The van der Waals surface area contributed by atoms with Crippen molar-refractivity contribution in [2.75, 3.05) is 0 Å². The minimum atomic E-state index is -3.83. The summed E-state index contributed by atoms with van der Waals surface area (Å²) in [7, 11) is -3.83. The number of nitrogens with two attached hydrogens (primary N) is 1. The number of ether oxygens (including phenoxy) is 1. The summed E-state index contributed by atoms with van der Waals surface area (Å²) < 4.78 is 29.8. The standard InChI is InChI=1S/C7H10N2O4S/c1-4(2)13-7(10)5-3-6(8)14(11,12)9-5/h3-4H,8H2,1-2H3. The molecule has 14 heavy (non-hydrogen) atoms. The van der Waals surface area contributed by atoms with E-state index in [1.165, 1.54) is 0 Å². The van der Waals surface area contributed by atoms with Crippen molar-refractivity contribution in [1.82, 2.24) is 0 Å². The molecular formula is C7H10N2O4S. The molecule has 0 saturated carbocycles. The van der Waals surface area contributed by atoms with Crippen LogP contribution in [0, 0.1) is 0 Å². The molecule has 1 aliphatic heterocycles. The average molecular weight is 218 g/mol. The van der Waals surface area contributed by atoms with E-state index in [0.717, 1.165) is 6.08 Å². The normalized spacial score (nSPS) is 19.1. The molecule has 0 amide bonds. The van der Waals surface area contributed by atoms with Crippen LogP contribution in [0.3, 0.4) is 0 Å². The maximum absolute atomic E-state index is 11.2. The molecule has 0 fully saturated rings. The Morgan fingerprint density at radius 3 is 2.50 bits per heavy atom. The Balaban J connectivity index is 2.90. The third kappa shape index (κ3) is 2.11. The van der Waals surface area contributed by atoms with E-state index in [9.17, 15) is 13.2 Å². The van der Waals surface area contributed by atoms with Crippen LogP contribution in [0.2, 0.25) is 0 Å². The van der Waals surface area contributed by atoms with Gasteiger partial charge in [0.05, 0.1) is 6.10 Å². The molecule has 0 atom stereocenters. The summed E-state index contributed by atoms with van der Waals surface area (Å²) >= 11 is 0. The maximum atomic E-state index is 11.2. The summed E-state index contributed by atoms with van der Waals surface area (Å²) in [5.41, 5.74) is 4.84. The largest absolute Gasteiger partial charge is 0.458 e. The number of rotatable bonds is 2. The quantitative estimate of drug-likeness (QED) is 0.631. The van der Waals surface area contributed by atoms with Crippen molar-refractivity contribution in [2.45, 2.75) is 20.0 Å². The highest BCUT2D eigenvalue weighted by Gasteiger charge is 2.27. The molecule has 0 saturated heterocycles. The van der Waals surface area contributed by atoms with E-state index in [-0.39, 0.29) is 11.8 Å². The molecule has 6 nitrogen and oxygen atoms in total. The van der Waals surface area contributed by atoms with Crippen LogP contribution in [-0.4, -0.2) is 26.2 Å². The second-order valence-corrected chi connectivity index (χ2v) is 4.56. The zero-order chi connectivity index (χ0) is 10.9. The Bertz CT molecular complexity index is 419. The van der Waals surface area contributed by atoms with Crippen LogP contribution in [0.1, 0.15) is 13.8 Å². The van der Waals surface area contributed by atoms with Crippen molar-refractivity contribution in [3.8, 4) is 0 Å². The average Bonchev–Trinajstić information content (AvgIpc) is 2.25. The van der Waals surface area contributed by atoms with Gasteiger partial charge in [0.25, 0.3) is 10.0 Å². The number of hydrogen-bond acceptors (Lipinski definition) is 5. The number of hydrogen-bond donors (Lipinski definition) is 1. The highest BCUT2D eigenvalue weighted by Crippen LogP contribution is 2.12. The fourth-order valence-electron chi connectivity index (χ4n) is 0.788. The van der Waals surface area contributed by atoms with Crippen molar-refractivity contribution >= 4 is 21.7 Å². The van der Waals surface area contributed by atoms with Gasteiger partial charge >= 0.3 is 5.97 Å². The van der Waals surface area contributed by atoms with Crippen LogP contribution in [0.15, 0.2) is 15.5 Å². The van der Waals surface area contributed by atoms with Gasteiger partial charge in [0, 0.05) is 6.08 Å². The van der Waals surface area contributed by atoms with Gasteiger partial charge in [0.2, 0.25) is 0 Å². The van der Waals surface area contributed by atoms with Crippen LogP contribution in [0.5, 0.6) is 0 Å². The molecule has 0 aromatic heterocycles. The lowest BCUT2D eigenvalue weighted by Gasteiger charge is -2.05. The van der Waals surface area contributed by atoms with Crippen LogP contribution in [0.25, 0.3) is 0 Å². The van der Waals surface area contributed by atoms with Gasteiger partial charge in [-0.2, -0.15) is 12.8 Å². The van der Waals surface area contributed by atoms with E-state index in [4.69, 9.17) is 10.5 Å². The summed E-state index contributed by atoms with van der Waals surface area (Å²) in [5, 5.41) is -0.437. The van der Waals surface area contributed by atoms with Gasteiger partial charge in [-0.3, -0.25) is 0 Å². The predicted octanol–water partition coefficient (Wildman–Crippen LogP) is -0.478. The van der Waals surface area contributed by atoms with Gasteiger partial charge in [-0.25, -0.2) is 4.79 Å². The molecule has 0 unspecified atom stereocenters. The number of esters is 1.